The van der Waals surface area contributed by atoms with E-state index < -0.39 is 5.41 Å². The molecule has 0 spiro atoms. The minimum atomic E-state index is -0.794. The molecule has 1 aliphatic carbocycles. The van der Waals surface area contributed by atoms with Crippen LogP contribution in [0.5, 0.6) is 0 Å². The van der Waals surface area contributed by atoms with E-state index in [0.29, 0.717) is 12.8 Å². The summed E-state index contributed by atoms with van der Waals surface area (Å²) in [6, 6.07) is 2.31. The van der Waals surface area contributed by atoms with Gasteiger partial charge in [-0.15, -0.1) is 0 Å². The minimum Gasteiger partial charge on any atom is -0.379 e. The van der Waals surface area contributed by atoms with Crippen molar-refractivity contribution >= 4 is 5.78 Å². The summed E-state index contributed by atoms with van der Waals surface area (Å²) < 4.78 is 5.38. The van der Waals surface area contributed by atoms with E-state index in [1.165, 1.54) is 0 Å². The molecule has 0 amide bonds. The SMILES string of the molecule is COC(C)(C)CCC1(C#N)CCCC(C)(C)C1=O. The summed E-state index contributed by atoms with van der Waals surface area (Å²) in [6.45, 7) is 7.91. The molecular weight excluding hydrogens is 226 g/mol. The lowest BCUT2D eigenvalue weighted by Crippen LogP contribution is -2.44. The number of methoxy groups -OCH3 is 1. The zero-order valence-electron chi connectivity index (χ0n) is 12.3. The molecule has 0 radical (unpaired) electrons. The van der Waals surface area contributed by atoms with Gasteiger partial charge in [-0.3, -0.25) is 4.79 Å². The Morgan fingerprint density at radius 3 is 2.50 bits per heavy atom. The predicted molar refractivity (Wildman–Crippen MR) is 71.0 cm³/mol. The third-order valence-electron chi connectivity index (χ3n) is 4.38. The average Bonchev–Trinajstić information content (AvgIpc) is 2.32. The van der Waals surface area contributed by atoms with Crippen molar-refractivity contribution in [2.24, 2.45) is 10.8 Å². The molecule has 3 heteroatoms. The van der Waals surface area contributed by atoms with Crippen LogP contribution in [0.1, 0.15) is 59.8 Å². The Balaban J connectivity index is 2.87. The molecule has 0 aromatic rings. The first-order chi connectivity index (χ1) is 8.19. The van der Waals surface area contributed by atoms with E-state index in [1.807, 2.05) is 27.7 Å². The van der Waals surface area contributed by atoms with Crippen molar-refractivity contribution in [2.45, 2.75) is 65.4 Å². The molecule has 1 rings (SSSR count). The summed E-state index contributed by atoms with van der Waals surface area (Å²) in [5.41, 5.74) is -1.42. The first-order valence-electron chi connectivity index (χ1n) is 6.70. The van der Waals surface area contributed by atoms with E-state index in [2.05, 4.69) is 6.07 Å². The van der Waals surface area contributed by atoms with Gasteiger partial charge in [0.15, 0.2) is 5.78 Å². The highest BCUT2D eigenvalue weighted by atomic mass is 16.5. The summed E-state index contributed by atoms with van der Waals surface area (Å²) in [6.07, 6.45) is 3.89. The van der Waals surface area contributed by atoms with Crippen LogP contribution in [0.3, 0.4) is 0 Å². The molecule has 0 aromatic heterocycles. The van der Waals surface area contributed by atoms with Gasteiger partial charge in [0.2, 0.25) is 0 Å². The first kappa shape index (κ1) is 15.2. The number of nitrogens with zero attached hydrogens (tertiary/aromatic N) is 1. The molecule has 0 aromatic carbocycles. The normalized spacial score (nSPS) is 27.9. The van der Waals surface area contributed by atoms with E-state index >= 15 is 0 Å². The van der Waals surface area contributed by atoms with Crippen LogP contribution >= 0.6 is 0 Å². The Morgan fingerprint density at radius 2 is 2.00 bits per heavy atom. The zero-order valence-corrected chi connectivity index (χ0v) is 12.3. The second kappa shape index (κ2) is 5.01. The number of ketones is 1. The van der Waals surface area contributed by atoms with Crippen LogP contribution in [0.25, 0.3) is 0 Å². The molecule has 0 saturated heterocycles. The highest BCUT2D eigenvalue weighted by molar-refractivity contribution is 5.92. The molecule has 18 heavy (non-hydrogen) atoms. The van der Waals surface area contributed by atoms with Gasteiger partial charge in [0.25, 0.3) is 0 Å². The predicted octanol–water partition coefficient (Wildman–Crippen LogP) is 3.48. The fourth-order valence-corrected chi connectivity index (χ4v) is 2.72. The number of hydrogen-bond acceptors (Lipinski definition) is 3. The Hall–Kier alpha value is -0.880. The lowest BCUT2D eigenvalue weighted by molar-refractivity contribution is -0.139. The minimum absolute atomic E-state index is 0.121. The third kappa shape index (κ3) is 2.92. The van der Waals surface area contributed by atoms with Crippen LogP contribution in [-0.2, 0) is 9.53 Å². The van der Waals surface area contributed by atoms with Crippen LogP contribution in [0.4, 0.5) is 0 Å². The average molecular weight is 251 g/mol. The fourth-order valence-electron chi connectivity index (χ4n) is 2.72. The van der Waals surface area contributed by atoms with Crippen molar-refractivity contribution in [3.8, 4) is 6.07 Å². The summed E-state index contributed by atoms with van der Waals surface area (Å²) >= 11 is 0. The maximum Gasteiger partial charge on any atom is 0.158 e. The topological polar surface area (TPSA) is 50.1 Å². The molecule has 1 aliphatic rings. The van der Waals surface area contributed by atoms with Gasteiger partial charge in [-0.2, -0.15) is 5.26 Å². The van der Waals surface area contributed by atoms with Crippen molar-refractivity contribution in [3.05, 3.63) is 0 Å². The molecule has 102 valence electrons. The Morgan fingerprint density at radius 1 is 1.39 bits per heavy atom. The Kier molecular flexibility index (Phi) is 4.23. The summed E-state index contributed by atoms with van der Waals surface area (Å²) in [7, 11) is 1.67. The number of Topliss-reactive ketones (excluding diaryl/α,β-unsaturated/α-hetero) is 1. The molecule has 3 nitrogen and oxygen atoms in total. The Bertz CT molecular complexity index is 365. The van der Waals surface area contributed by atoms with E-state index in [1.54, 1.807) is 7.11 Å². The Labute approximate surface area is 111 Å². The van der Waals surface area contributed by atoms with Crippen LogP contribution in [0.2, 0.25) is 0 Å². The molecule has 0 N–H and O–H groups in total. The van der Waals surface area contributed by atoms with Gasteiger partial charge in [-0.25, -0.2) is 0 Å². The third-order valence-corrected chi connectivity index (χ3v) is 4.38. The number of carbonyl (C=O) groups is 1. The zero-order chi connectivity index (χ0) is 14.0. The largest absolute Gasteiger partial charge is 0.379 e. The van der Waals surface area contributed by atoms with Crippen molar-refractivity contribution in [1.82, 2.24) is 0 Å². The molecule has 1 unspecified atom stereocenters. The van der Waals surface area contributed by atoms with E-state index in [0.717, 1.165) is 19.3 Å². The fraction of sp³-hybridized carbons (Fsp3) is 0.867. The summed E-state index contributed by atoms with van der Waals surface area (Å²) in [5.74, 6) is 0.121. The molecule has 1 saturated carbocycles. The lowest BCUT2D eigenvalue weighted by atomic mass is 9.61. The maximum atomic E-state index is 12.5. The van der Waals surface area contributed by atoms with Crippen LogP contribution in [0.15, 0.2) is 0 Å². The number of carbonyl (C=O) groups excluding carboxylic acids is 1. The maximum absolute atomic E-state index is 12.5. The van der Waals surface area contributed by atoms with Gasteiger partial charge in [0, 0.05) is 12.5 Å². The molecule has 1 fully saturated rings. The van der Waals surface area contributed by atoms with Crippen LogP contribution in [0, 0.1) is 22.2 Å². The molecule has 0 aliphatic heterocycles. The van der Waals surface area contributed by atoms with E-state index in [-0.39, 0.29) is 16.8 Å². The van der Waals surface area contributed by atoms with Gasteiger partial charge >= 0.3 is 0 Å². The van der Waals surface area contributed by atoms with E-state index in [4.69, 9.17) is 4.74 Å². The smallest absolute Gasteiger partial charge is 0.158 e. The number of rotatable bonds is 4. The van der Waals surface area contributed by atoms with Crippen molar-refractivity contribution in [2.75, 3.05) is 7.11 Å². The van der Waals surface area contributed by atoms with Crippen LogP contribution in [-0.4, -0.2) is 18.5 Å². The highest BCUT2D eigenvalue weighted by Crippen LogP contribution is 2.46. The first-order valence-corrected chi connectivity index (χ1v) is 6.70. The summed E-state index contributed by atoms with van der Waals surface area (Å²) in [5, 5.41) is 9.50. The molecule has 1 atom stereocenters. The second-order valence-electron chi connectivity index (χ2n) is 6.72. The summed E-state index contributed by atoms with van der Waals surface area (Å²) in [4.78, 5) is 12.5. The van der Waals surface area contributed by atoms with Crippen molar-refractivity contribution in [1.29, 1.82) is 5.26 Å². The van der Waals surface area contributed by atoms with Crippen molar-refractivity contribution < 1.29 is 9.53 Å². The van der Waals surface area contributed by atoms with Gasteiger partial charge in [0.1, 0.15) is 5.41 Å². The quantitative estimate of drug-likeness (QED) is 0.768. The highest BCUT2D eigenvalue weighted by Gasteiger charge is 2.49. The second-order valence-corrected chi connectivity index (χ2v) is 6.72. The van der Waals surface area contributed by atoms with Gasteiger partial charge in [-0.05, 0) is 39.5 Å². The van der Waals surface area contributed by atoms with Gasteiger partial charge in [0.05, 0.1) is 11.7 Å². The molecular formula is C15H25NO2. The van der Waals surface area contributed by atoms with Crippen molar-refractivity contribution in [3.63, 3.8) is 0 Å². The monoisotopic (exact) mass is 251 g/mol. The van der Waals surface area contributed by atoms with Crippen LogP contribution < -0.4 is 0 Å². The van der Waals surface area contributed by atoms with Gasteiger partial charge < -0.3 is 4.74 Å². The number of ether oxygens (including phenoxy) is 1. The number of nitriles is 1. The standard InChI is InChI=1S/C15H25NO2/c1-13(2)7-6-8-15(11-16,12(13)17)10-9-14(3,4)18-5/h6-10H2,1-5H3. The number of hydrogen-bond donors (Lipinski definition) is 0. The lowest BCUT2D eigenvalue weighted by Gasteiger charge is -2.40. The molecule has 0 heterocycles. The van der Waals surface area contributed by atoms with Gasteiger partial charge in [-0.1, -0.05) is 20.3 Å². The van der Waals surface area contributed by atoms with E-state index in [9.17, 15) is 10.1 Å². The molecule has 0 bridgehead atoms.